The van der Waals surface area contributed by atoms with Crippen molar-refractivity contribution in [2.24, 2.45) is 11.1 Å². The molecule has 0 rings (SSSR count). The molecule has 1 atom stereocenters. The normalized spacial score (nSPS) is 15.2. The van der Waals surface area contributed by atoms with Crippen molar-refractivity contribution in [3.8, 4) is 0 Å². The monoisotopic (exact) mass is 179 g/mol. The first-order chi connectivity index (χ1) is 5.40. The lowest BCUT2D eigenvalue weighted by Gasteiger charge is -2.30. The lowest BCUT2D eigenvalue weighted by molar-refractivity contribution is 0.109. The van der Waals surface area contributed by atoms with Crippen LogP contribution in [0.3, 0.4) is 0 Å². The molecule has 3 heteroatoms. The standard InChI is InChI=1S/C9H19F2N/c1-4-7(12)9(2,3)6-5-8(10)11/h7-8H,4-6,12H2,1-3H3. The number of halogens is 2. The average Bonchev–Trinajstić information content (AvgIpc) is 1.99. The highest BCUT2D eigenvalue weighted by Crippen LogP contribution is 2.28. The van der Waals surface area contributed by atoms with Gasteiger partial charge in [0.05, 0.1) is 0 Å². The van der Waals surface area contributed by atoms with Gasteiger partial charge in [0, 0.05) is 12.5 Å². The van der Waals surface area contributed by atoms with Crippen molar-refractivity contribution in [3.05, 3.63) is 0 Å². The second-order valence-electron chi connectivity index (χ2n) is 3.93. The second-order valence-corrected chi connectivity index (χ2v) is 3.93. The van der Waals surface area contributed by atoms with Gasteiger partial charge in [-0.15, -0.1) is 0 Å². The molecule has 0 fully saturated rings. The minimum absolute atomic E-state index is 0.0243. The Kier molecular flexibility index (Phi) is 4.68. The van der Waals surface area contributed by atoms with Crippen LogP contribution in [0.5, 0.6) is 0 Å². The maximum Gasteiger partial charge on any atom is 0.238 e. The minimum atomic E-state index is -2.20. The number of nitrogens with two attached hydrogens (primary N) is 1. The highest BCUT2D eigenvalue weighted by Gasteiger charge is 2.25. The fourth-order valence-electron chi connectivity index (χ4n) is 1.22. The van der Waals surface area contributed by atoms with Crippen molar-refractivity contribution in [3.63, 3.8) is 0 Å². The van der Waals surface area contributed by atoms with Gasteiger partial charge in [-0.05, 0) is 18.3 Å². The lowest BCUT2D eigenvalue weighted by atomic mass is 9.79. The molecule has 0 aromatic heterocycles. The molecule has 0 radical (unpaired) electrons. The van der Waals surface area contributed by atoms with Crippen LogP contribution in [0.1, 0.15) is 40.0 Å². The molecule has 0 bridgehead atoms. The van der Waals surface area contributed by atoms with E-state index in [1.807, 2.05) is 20.8 Å². The van der Waals surface area contributed by atoms with E-state index >= 15 is 0 Å². The van der Waals surface area contributed by atoms with E-state index in [0.717, 1.165) is 6.42 Å². The largest absolute Gasteiger partial charge is 0.327 e. The van der Waals surface area contributed by atoms with Gasteiger partial charge in [-0.1, -0.05) is 20.8 Å². The fraction of sp³-hybridized carbons (Fsp3) is 1.00. The number of hydrogen-bond donors (Lipinski definition) is 1. The first-order valence-electron chi connectivity index (χ1n) is 4.44. The van der Waals surface area contributed by atoms with Crippen molar-refractivity contribution in [1.82, 2.24) is 0 Å². The van der Waals surface area contributed by atoms with Gasteiger partial charge in [-0.3, -0.25) is 0 Å². The Morgan fingerprint density at radius 2 is 1.83 bits per heavy atom. The van der Waals surface area contributed by atoms with E-state index in [9.17, 15) is 8.78 Å². The van der Waals surface area contributed by atoms with Gasteiger partial charge in [-0.2, -0.15) is 0 Å². The van der Waals surface area contributed by atoms with Gasteiger partial charge in [0.25, 0.3) is 0 Å². The van der Waals surface area contributed by atoms with E-state index in [2.05, 4.69) is 0 Å². The average molecular weight is 179 g/mol. The van der Waals surface area contributed by atoms with E-state index in [4.69, 9.17) is 5.73 Å². The molecule has 0 spiro atoms. The third kappa shape index (κ3) is 4.00. The van der Waals surface area contributed by atoms with Crippen LogP contribution in [0.25, 0.3) is 0 Å². The third-order valence-corrected chi connectivity index (χ3v) is 2.45. The molecule has 1 nitrogen and oxygen atoms in total. The molecular weight excluding hydrogens is 160 g/mol. The van der Waals surface area contributed by atoms with Gasteiger partial charge < -0.3 is 5.73 Å². The molecule has 0 aliphatic carbocycles. The summed E-state index contributed by atoms with van der Waals surface area (Å²) in [4.78, 5) is 0. The van der Waals surface area contributed by atoms with Crippen molar-refractivity contribution in [2.45, 2.75) is 52.5 Å². The van der Waals surface area contributed by atoms with Crippen molar-refractivity contribution < 1.29 is 8.78 Å². The van der Waals surface area contributed by atoms with E-state index < -0.39 is 6.43 Å². The molecular formula is C9H19F2N. The van der Waals surface area contributed by atoms with Gasteiger partial charge in [0.2, 0.25) is 6.43 Å². The maximum absolute atomic E-state index is 11.9. The molecule has 74 valence electrons. The summed E-state index contributed by atoms with van der Waals surface area (Å²) in [6.07, 6.45) is -0.898. The first-order valence-corrected chi connectivity index (χ1v) is 4.44. The molecule has 0 aliphatic rings. The van der Waals surface area contributed by atoms with Crippen LogP contribution < -0.4 is 5.73 Å². The van der Waals surface area contributed by atoms with Gasteiger partial charge in [-0.25, -0.2) is 8.78 Å². The highest BCUT2D eigenvalue weighted by atomic mass is 19.3. The van der Waals surface area contributed by atoms with Crippen LogP contribution in [0.4, 0.5) is 8.78 Å². The molecule has 12 heavy (non-hydrogen) atoms. The van der Waals surface area contributed by atoms with Crippen LogP contribution in [0, 0.1) is 5.41 Å². The lowest BCUT2D eigenvalue weighted by Crippen LogP contribution is -2.36. The number of alkyl halides is 2. The third-order valence-electron chi connectivity index (χ3n) is 2.45. The topological polar surface area (TPSA) is 26.0 Å². The highest BCUT2D eigenvalue weighted by molar-refractivity contribution is 4.80. The quantitative estimate of drug-likeness (QED) is 0.690. The minimum Gasteiger partial charge on any atom is -0.327 e. The molecule has 2 N–H and O–H groups in total. The molecule has 0 heterocycles. The summed E-state index contributed by atoms with van der Waals surface area (Å²) in [5, 5.41) is 0. The molecule has 0 amide bonds. The Labute approximate surface area is 73.3 Å². The van der Waals surface area contributed by atoms with Crippen LogP contribution in [-0.4, -0.2) is 12.5 Å². The Morgan fingerprint density at radius 1 is 1.33 bits per heavy atom. The predicted molar refractivity (Wildman–Crippen MR) is 47.3 cm³/mol. The Morgan fingerprint density at radius 3 is 2.17 bits per heavy atom. The van der Waals surface area contributed by atoms with Crippen molar-refractivity contribution in [2.75, 3.05) is 0 Å². The van der Waals surface area contributed by atoms with Crippen LogP contribution in [-0.2, 0) is 0 Å². The van der Waals surface area contributed by atoms with E-state index in [1.165, 1.54) is 0 Å². The van der Waals surface area contributed by atoms with E-state index in [0.29, 0.717) is 6.42 Å². The zero-order chi connectivity index (χ0) is 9.78. The zero-order valence-electron chi connectivity index (χ0n) is 8.11. The zero-order valence-corrected chi connectivity index (χ0v) is 8.11. The number of rotatable bonds is 5. The number of hydrogen-bond acceptors (Lipinski definition) is 1. The maximum atomic E-state index is 11.9. The predicted octanol–water partition coefficient (Wildman–Crippen LogP) is 2.80. The van der Waals surface area contributed by atoms with Crippen molar-refractivity contribution >= 4 is 0 Å². The van der Waals surface area contributed by atoms with E-state index in [-0.39, 0.29) is 17.9 Å². The van der Waals surface area contributed by atoms with Crippen LogP contribution >= 0.6 is 0 Å². The summed E-state index contributed by atoms with van der Waals surface area (Å²) in [5.41, 5.74) is 5.63. The molecule has 0 aromatic rings. The Bertz CT molecular complexity index is 124. The summed E-state index contributed by atoms with van der Waals surface area (Å²) in [5.74, 6) is 0. The summed E-state index contributed by atoms with van der Waals surface area (Å²) in [7, 11) is 0. The molecule has 0 saturated heterocycles. The van der Waals surface area contributed by atoms with Gasteiger partial charge in [0.15, 0.2) is 0 Å². The van der Waals surface area contributed by atoms with Gasteiger partial charge >= 0.3 is 0 Å². The molecule has 0 aromatic carbocycles. The summed E-state index contributed by atoms with van der Waals surface area (Å²) >= 11 is 0. The van der Waals surface area contributed by atoms with Crippen LogP contribution in [0.15, 0.2) is 0 Å². The SMILES string of the molecule is CCC(N)C(C)(C)CCC(F)F. The summed E-state index contributed by atoms with van der Waals surface area (Å²) in [6, 6.07) is 0.0243. The van der Waals surface area contributed by atoms with Crippen LogP contribution in [0.2, 0.25) is 0 Å². The Balaban J connectivity index is 3.86. The van der Waals surface area contributed by atoms with E-state index in [1.54, 1.807) is 0 Å². The first kappa shape index (κ1) is 11.8. The Hall–Kier alpha value is -0.180. The summed E-state index contributed by atoms with van der Waals surface area (Å²) in [6.45, 7) is 5.88. The molecule has 0 saturated carbocycles. The molecule has 0 aliphatic heterocycles. The smallest absolute Gasteiger partial charge is 0.238 e. The fourth-order valence-corrected chi connectivity index (χ4v) is 1.22. The van der Waals surface area contributed by atoms with Crippen molar-refractivity contribution in [1.29, 1.82) is 0 Å². The van der Waals surface area contributed by atoms with Gasteiger partial charge in [0.1, 0.15) is 0 Å². The summed E-state index contributed by atoms with van der Waals surface area (Å²) < 4.78 is 23.8. The molecule has 1 unspecified atom stereocenters. The second kappa shape index (κ2) is 4.75.